The molecular weight excluding hydrogens is 244 g/mol. The van der Waals surface area contributed by atoms with Crippen molar-refractivity contribution in [1.29, 1.82) is 0 Å². The number of aliphatic hydroxyl groups is 2. The van der Waals surface area contributed by atoms with Crippen LogP contribution in [0.2, 0.25) is 0 Å². The number of carbonyl (C=O) groups excluding carboxylic acids is 1. The maximum absolute atomic E-state index is 12.6. The van der Waals surface area contributed by atoms with Crippen molar-refractivity contribution >= 4 is 5.78 Å². The molecule has 4 nitrogen and oxygen atoms in total. The molecule has 4 heteroatoms. The summed E-state index contributed by atoms with van der Waals surface area (Å²) in [5, 5.41) is 19.2. The van der Waals surface area contributed by atoms with Crippen LogP contribution in [0.15, 0.2) is 11.8 Å². The number of aliphatic hydroxyl groups excluding tert-OH is 2. The van der Waals surface area contributed by atoms with Gasteiger partial charge in [0.2, 0.25) is 0 Å². The van der Waals surface area contributed by atoms with Crippen LogP contribution in [0.5, 0.6) is 0 Å². The van der Waals surface area contributed by atoms with Crippen molar-refractivity contribution in [3.8, 4) is 0 Å². The van der Waals surface area contributed by atoms with Crippen molar-refractivity contribution in [2.45, 2.75) is 63.3 Å². The Labute approximate surface area is 113 Å². The molecule has 2 saturated carbocycles. The largest absolute Gasteiger partial charge is 0.497 e. The van der Waals surface area contributed by atoms with Crippen LogP contribution in [0, 0.1) is 11.8 Å². The van der Waals surface area contributed by atoms with Gasteiger partial charge < -0.3 is 14.9 Å². The molecular formula is C15H22O4. The number of ketones is 1. The molecule has 3 unspecified atom stereocenters. The third-order valence-electron chi connectivity index (χ3n) is 4.89. The number of rotatable bonds is 1. The van der Waals surface area contributed by atoms with Crippen LogP contribution in [0.4, 0.5) is 0 Å². The van der Waals surface area contributed by atoms with Gasteiger partial charge in [-0.15, -0.1) is 0 Å². The van der Waals surface area contributed by atoms with E-state index in [9.17, 15) is 15.0 Å². The standard InChI is InChI=1S/C15H22O4/c16-10-3-1-9(2-4-10)13-8-19-14-7-11(17)5-6-12(14)15(13)18/h8-12,14,16-17H,1-7H2. The Hall–Kier alpha value is -0.870. The molecule has 106 valence electrons. The minimum atomic E-state index is -0.325. The molecule has 19 heavy (non-hydrogen) atoms. The molecule has 0 saturated heterocycles. The predicted octanol–water partition coefficient (Wildman–Crippen LogP) is 1.55. The van der Waals surface area contributed by atoms with Gasteiger partial charge >= 0.3 is 0 Å². The monoisotopic (exact) mass is 266 g/mol. The molecule has 0 bridgehead atoms. The number of ether oxygens (including phenoxy) is 1. The minimum absolute atomic E-state index is 0.0600. The summed E-state index contributed by atoms with van der Waals surface area (Å²) in [5.41, 5.74) is 0.824. The number of hydrogen-bond acceptors (Lipinski definition) is 4. The zero-order chi connectivity index (χ0) is 13.4. The lowest BCUT2D eigenvalue weighted by atomic mass is 9.73. The highest BCUT2D eigenvalue weighted by Gasteiger charge is 2.41. The molecule has 2 N–H and O–H groups in total. The van der Waals surface area contributed by atoms with E-state index in [2.05, 4.69) is 0 Å². The zero-order valence-electron chi connectivity index (χ0n) is 11.1. The van der Waals surface area contributed by atoms with Gasteiger partial charge in [-0.05, 0) is 44.4 Å². The van der Waals surface area contributed by atoms with E-state index in [-0.39, 0.29) is 35.9 Å². The van der Waals surface area contributed by atoms with Gasteiger partial charge in [-0.25, -0.2) is 0 Å². The van der Waals surface area contributed by atoms with Gasteiger partial charge in [-0.2, -0.15) is 0 Å². The van der Waals surface area contributed by atoms with E-state index in [0.717, 1.165) is 37.7 Å². The summed E-state index contributed by atoms with van der Waals surface area (Å²) in [4.78, 5) is 12.6. The second kappa shape index (κ2) is 5.25. The van der Waals surface area contributed by atoms with Crippen molar-refractivity contribution in [3.05, 3.63) is 11.8 Å². The van der Waals surface area contributed by atoms with E-state index in [0.29, 0.717) is 12.8 Å². The van der Waals surface area contributed by atoms with Gasteiger partial charge in [0.25, 0.3) is 0 Å². The quantitative estimate of drug-likeness (QED) is 0.755. The van der Waals surface area contributed by atoms with Crippen LogP contribution in [-0.4, -0.2) is 34.3 Å². The first kappa shape index (κ1) is 13.1. The number of hydrogen-bond donors (Lipinski definition) is 2. The molecule has 3 rings (SSSR count). The van der Waals surface area contributed by atoms with Crippen molar-refractivity contribution in [2.75, 3.05) is 0 Å². The summed E-state index contributed by atoms with van der Waals surface area (Å²) in [5.74, 6) is 0.420. The lowest BCUT2D eigenvalue weighted by Gasteiger charge is -2.38. The molecule has 0 aromatic rings. The molecule has 0 spiro atoms. The van der Waals surface area contributed by atoms with Crippen LogP contribution in [0.3, 0.4) is 0 Å². The Morgan fingerprint density at radius 1 is 1.00 bits per heavy atom. The molecule has 2 aliphatic carbocycles. The van der Waals surface area contributed by atoms with E-state index >= 15 is 0 Å². The SMILES string of the molecule is O=C1C(C2CCC(O)CC2)=COC2CC(O)CCC12. The lowest BCUT2D eigenvalue weighted by Crippen LogP contribution is -2.42. The van der Waals surface area contributed by atoms with Gasteiger partial charge in [0.1, 0.15) is 6.10 Å². The highest BCUT2D eigenvalue weighted by atomic mass is 16.5. The predicted molar refractivity (Wildman–Crippen MR) is 69.3 cm³/mol. The second-order valence-corrected chi connectivity index (χ2v) is 6.19. The Kier molecular flexibility index (Phi) is 3.63. The van der Waals surface area contributed by atoms with E-state index in [1.165, 1.54) is 0 Å². The van der Waals surface area contributed by atoms with E-state index < -0.39 is 0 Å². The molecule has 0 radical (unpaired) electrons. The fraction of sp³-hybridized carbons (Fsp3) is 0.800. The van der Waals surface area contributed by atoms with Crippen LogP contribution >= 0.6 is 0 Å². The van der Waals surface area contributed by atoms with E-state index in [4.69, 9.17) is 4.74 Å². The average molecular weight is 266 g/mol. The summed E-state index contributed by atoms with van der Waals surface area (Å²) in [7, 11) is 0. The number of Topliss-reactive ketones (excluding diaryl/α,β-unsaturated/α-hetero) is 1. The molecule has 0 aromatic carbocycles. The van der Waals surface area contributed by atoms with Crippen molar-refractivity contribution in [2.24, 2.45) is 11.8 Å². The molecule has 3 atom stereocenters. The minimum Gasteiger partial charge on any atom is -0.497 e. The summed E-state index contributed by atoms with van der Waals surface area (Å²) in [6.07, 6.45) is 6.31. The van der Waals surface area contributed by atoms with Gasteiger partial charge in [0, 0.05) is 12.0 Å². The fourth-order valence-corrected chi connectivity index (χ4v) is 3.68. The first-order chi connectivity index (χ1) is 9.15. The molecule has 0 aromatic heterocycles. The van der Waals surface area contributed by atoms with E-state index in [1.807, 2.05) is 0 Å². The Morgan fingerprint density at radius 2 is 1.68 bits per heavy atom. The fourth-order valence-electron chi connectivity index (χ4n) is 3.68. The number of carbonyl (C=O) groups is 1. The molecule has 2 fully saturated rings. The topological polar surface area (TPSA) is 66.8 Å². The first-order valence-electron chi connectivity index (χ1n) is 7.41. The Bertz CT molecular complexity index is 382. The maximum atomic E-state index is 12.6. The number of allylic oxidation sites excluding steroid dienone is 1. The summed E-state index contributed by atoms with van der Waals surface area (Å²) in [6, 6.07) is 0. The average Bonchev–Trinajstić information content (AvgIpc) is 2.40. The summed E-state index contributed by atoms with van der Waals surface area (Å²) >= 11 is 0. The maximum Gasteiger partial charge on any atom is 0.168 e. The number of fused-ring (bicyclic) bond motifs is 1. The van der Waals surface area contributed by atoms with Gasteiger partial charge in [-0.3, -0.25) is 4.79 Å². The van der Waals surface area contributed by atoms with Crippen LogP contribution in [-0.2, 0) is 9.53 Å². The first-order valence-corrected chi connectivity index (χ1v) is 7.41. The van der Waals surface area contributed by atoms with Crippen molar-refractivity contribution in [1.82, 2.24) is 0 Å². The third kappa shape index (κ3) is 2.56. The van der Waals surface area contributed by atoms with Crippen LogP contribution in [0.25, 0.3) is 0 Å². The highest BCUT2D eigenvalue weighted by Crippen LogP contribution is 2.39. The third-order valence-corrected chi connectivity index (χ3v) is 4.89. The smallest absolute Gasteiger partial charge is 0.168 e. The van der Waals surface area contributed by atoms with Gasteiger partial charge in [0.15, 0.2) is 5.78 Å². The van der Waals surface area contributed by atoms with Crippen LogP contribution < -0.4 is 0 Å². The van der Waals surface area contributed by atoms with Crippen molar-refractivity contribution < 1.29 is 19.7 Å². The van der Waals surface area contributed by atoms with Crippen LogP contribution in [0.1, 0.15) is 44.9 Å². The lowest BCUT2D eigenvalue weighted by molar-refractivity contribution is -0.130. The Morgan fingerprint density at radius 3 is 2.42 bits per heavy atom. The van der Waals surface area contributed by atoms with Gasteiger partial charge in [-0.1, -0.05) is 0 Å². The summed E-state index contributed by atoms with van der Waals surface area (Å²) in [6.45, 7) is 0. The van der Waals surface area contributed by atoms with Crippen molar-refractivity contribution in [3.63, 3.8) is 0 Å². The normalized spacial score (nSPS) is 43.2. The highest BCUT2D eigenvalue weighted by molar-refractivity contribution is 5.98. The zero-order valence-corrected chi connectivity index (χ0v) is 11.1. The summed E-state index contributed by atoms with van der Waals surface area (Å²) < 4.78 is 5.71. The molecule has 0 amide bonds. The van der Waals surface area contributed by atoms with Gasteiger partial charge in [0.05, 0.1) is 24.4 Å². The molecule has 1 aliphatic heterocycles. The second-order valence-electron chi connectivity index (χ2n) is 6.19. The molecule has 1 heterocycles. The Balaban J connectivity index is 1.71. The van der Waals surface area contributed by atoms with E-state index in [1.54, 1.807) is 6.26 Å². The molecule has 3 aliphatic rings.